The molecule has 1 amide bonds. The monoisotopic (exact) mass is 360 g/mol. The topological polar surface area (TPSA) is 64.4 Å². The molecule has 2 bridgehead atoms. The third kappa shape index (κ3) is 3.60. The number of hydrogen-bond donors (Lipinski definition) is 2. The van der Waals surface area contributed by atoms with Crippen molar-refractivity contribution in [3.8, 4) is 5.75 Å². The van der Waals surface area contributed by atoms with Crippen molar-refractivity contribution in [3.63, 3.8) is 0 Å². The maximum Gasteiger partial charge on any atom is 0.225 e. The minimum atomic E-state index is 0. The molecule has 2 aliphatic rings. The van der Waals surface area contributed by atoms with Crippen LogP contribution in [0.3, 0.4) is 0 Å². The van der Waals surface area contributed by atoms with Crippen molar-refractivity contribution in [1.82, 2.24) is 5.32 Å². The van der Waals surface area contributed by atoms with Crippen molar-refractivity contribution in [1.29, 1.82) is 0 Å². The Morgan fingerprint density at radius 2 is 1.88 bits per heavy atom. The average molecular weight is 361 g/mol. The first-order chi connectivity index (χ1) is 11.7. The third-order valence-electron chi connectivity index (χ3n) is 5.67. The van der Waals surface area contributed by atoms with Crippen molar-refractivity contribution in [2.75, 3.05) is 13.2 Å². The molecule has 4 unspecified atom stereocenters. The highest BCUT2D eigenvalue weighted by atomic mass is 35.5. The maximum atomic E-state index is 12.4. The molecule has 0 radical (unpaired) electrons. The van der Waals surface area contributed by atoms with Gasteiger partial charge in [-0.15, -0.1) is 12.4 Å². The average Bonchev–Trinajstić information content (AvgIpc) is 3.19. The zero-order valence-corrected chi connectivity index (χ0v) is 15.0. The molecule has 0 saturated heterocycles. The van der Waals surface area contributed by atoms with Crippen LogP contribution < -0.4 is 15.8 Å². The van der Waals surface area contributed by atoms with Crippen molar-refractivity contribution in [3.05, 3.63) is 42.5 Å². The lowest BCUT2D eigenvalue weighted by atomic mass is 9.84. The van der Waals surface area contributed by atoms with Gasteiger partial charge in [0.2, 0.25) is 5.91 Å². The Balaban J connectivity index is 0.00000182. The lowest BCUT2D eigenvalue weighted by Gasteiger charge is -2.27. The van der Waals surface area contributed by atoms with Crippen LogP contribution in [-0.2, 0) is 4.79 Å². The van der Waals surface area contributed by atoms with Crippen LogP contribution in [0.25, 0.3) is 10.8 Å². The fourth-order valence-corrected chi connectivity index (χ4v) is 4.44. The molecule has 5 heteroatoms. The summed E-state index contributed by atoms with van der Waals surface area (Å²) in [6, 6.07) is 14.3. The first-order valence-corrected chi connectivity index (χ1v) is 8.87. The van der Waals surface area contributed by atoms with E-state index in [0.717, 1.165) is 24.0 Å². The summed E-state index contributed by atoms with van der Waals surface area (Å²) in [4.78, 5) is 12.4. The molecule has 2 aliphatic carbocycles. The standard InChI is InChI=1S/C20H24N2O2.ClH/c21-19-16-6-5-15(11-16)18(19)20(23)22-9-10-24-17-8-7-13-3-1-2-4-14(13)12-17;/h1-4,7-8,12,15-16,18-19H,5-6,9-11,21H2,(H,22,23);1H. The molecule has 0 aromatic heterocycles. The van der Waals surface area contributed by atoms with Gasteiger partial charge in [0.15, 0.2) is 0 Å². The highest BCUT2D eigenvalue weighted by Gasteiger charge is 2.48. The molecule has 2 aromatic rings. The zero-order valence-electron chi connectivity index (χ0n) is 14.2. The third-order valence-corrected chi connectivity index (χ3v) is 5.67. The molecule has 3 N–H and O–H groups in total. The predicted octanol–water partition coefficient (Wildman–Crippen LogP) is 3.13. The zero-order chi connectivity index (χ0) is 16.5. The molecule has 134 valence electrons. The Labute approximate surface area is 154 Å². The van der Waals surface area contributed by atoms with Crippen LogP contribution in [0.2, 0.25) is 0 Å². The van der Waals surface area contributed by atoms with E-state index in [1.807, 2.05) is 24.3 Å². The molecular weight excluding hydrogens is 336 g/mol. The van der Waals surface area contributed by atoms with Gasteiger partial charge in [-0.1, -0.05) is 30.3 Å². The van der Waals surface area contributed by atoms with E-state index in [1.165, 1.54) is 11.8 Å². The summed E-state index contributed by atoms with van der Waals surface area (Å²) in [5.41, 5.74) is 6.22. The second kappa shape index (κ2) is 7.63. The number of hydrogen-bond acceptors (Lipinski definition) is 3. The van der Waals surface area contributed by atoms with Crippen molar-refractivity contribution < 1.29 is 9.53 Å². The number of amides is 1. The summed E-state index contributed by atoms with van der Waals surface area (Å²) in [5, 5.41) is 5.36. The highest BCUT2D eigenvalue weighted by molar-refractivity contribution is 5.85. The van der Waals surface area contributed by atoms with E-state index in [1.54, 1.807) is 0 Å². The summed E-state index contributed by atoms with van der Waals surface area (Å²) in [7, 11) is 0. The van der Waals surface area contributed by atoms with Crippen molar-refractivity contribution in [2.24, 2.45) is 23.5 Å². The quantitative estimate of drug-likeness (QED) is 0.805. The fourth-order valence-electron chi connectivity index (χ4n) is 4.44. The SMILES string of the molecule is Cl.NC1C2CCC(C2)C1C(=O)NCCOc1ccc2ccccc2c1. The summed E-state index contributed by atoms with van der Waals surface area (Å²) in [6.45, 7) is 0.992. The lowest BCUT2D eigenvalue weighted by Crippen LogP contribution is -2.46. The van der Waals surface area contributed by atoms with E-state index in [2.05, 4.69) is 23.5 Å². The number of ether oxygens (including phenoxy) is 1. The first kappa shape index (κ1) is 18.0. The van der Waals surface area contributed by atoms with E-state index in [-0.39, 0.29) is 30.3 Å². The number of carbonyl (C=O) groups is 1. The smallest absolute Gasteiger partial charge is 0.225 e. The van der Waals surface area contributed by atoms with Crippen LogP contribution in [0.5, 0.6) is 5.75 Å². The van der Waals surface area contributed by atoms with Gasteiger partial charge in [-0.2, -0.15) is 0 Å². The molecule has 2 saturated carbocycles. The number of carbonyl (C=O) groups excluding carboxylic acids is 1. The summed E-state index contributed by atoms with van der Waals surface area (Å²) >= 11 is 0. The number of fused-ring (bicyclic) bond motifs is 3. The van der Waals surface area contributed by atoms with Crippen molar-refractivity contribution in [2.45, 2.75) is 25.3 Å². The second-order valence-electron chi connectivity index (χ2n) is 7.08. The van der Waals surface area contributed by atoms with Crippen LogP contribution >= 0.6 is 12.4 Å². The number of nitrogens with one attached hydrogen (secondary N) is 1. The molecule has 2 aromatic carbocycles. The van der Waals surface area contributed by atoms with Crippen LogP contribution in [0, 0.1) is 17.8 Å². The van der Waals surface area contributed by atoms with Gasteiger partial charge in [0, 0.05) is 6.04 Å². The van der Waals surface area contributed by atoms with Gasteiger partial charge in [0.25, 0.3) is 0 Å². The van der Waals surface area contributed by atoms with Crippen LogP contribution in [0.15, 0.2) is 42.5 Å². The Kier molecular flexibility index (Phi) is 5.50. The molecule has 4 atom stereocenters. The van der Waals surface area contributed by atoms with Gasteiger partial charge in [-0.25, -0.2) is 0 Å². The molecule has 25 heavy (non-hydrogen) atoms. The molecule has 2 fully saturated rings. The number of halogens is 1. The molecule has 4 nitrogen and oxygen atoms in total. The van der Waals surface area contributed by atoms with Gasteiger partial charge in [0.1, 0.15) is 12.4 Å². The highest BCUT2D eigenvalue weighted by Crippen LogP contribution is 2.47. The largest absolute Gasteiger partial charge is 0.492 e. The van der Waals surface area contributed by atoms with E-state index in [0.29, 0.717) is 25.0 Å². The Hall–Kier alpha value is -1.78. The molecule has 0 spiro atoms. The number of benzene rings is 2. The number of rotatable bonds is 5. The summed E-state index contributed by atoms with van der Waals surface area (Å²) in [5.74, 6) is 1.99. The molecule has 0 aliphatic heterocycles. The van der Waals surface area contributed by atoms with Crippen LogP contribution in [0.4, 0.5) is 0 Å². The molecule has 4 rings (SSSR count). The number of nitrogens with two attached hydrogens (primary N) is 1. The van der Waals surface area contributed by atoms with Gasteiger partial charge >= 0.3 is 0 Å². The maximum absolute atomic E-state index is 12.4. The Bertz CT molecular complexity index is 749. The van der Waals surface area contributed by atoms with E-state index in [9.17, 15) is 4.79 Å². The van der Waals surface area contributed by atoms with Gasteiger partial charge < -0.3 is 15.8 Å². The van der Waals surface area contributed by atoms with E-state index < -0.39 is 0 Å². The minimum Gasteiger partial charge on any atom is -0.492 e. The fraction of sp³-hybridized carbons (Fsp3) is 0.450. The van der Waals surface area contributed by atoms with E-state index >= 15 is 0 Å². The first-order valence-electron chi connectivity index (χ1n) is 8.87. The second-order valence-corrected chi connectivity index (χ2v) is 7.08. The molecular formula is C20H25ClN2O2. The predicted molar refractivity (Wildman–Crippen MR) is 102 cm³/mol. The summed E-state index contributed by atoms with van der Waals surface area (Å²) in [6.07, 6.45) is 3.48. The van der Waals surface area contributed by atoms with Gasteiger partial charge in [-0.05, 0) is 54.0 Å². The van der Waals surface area contributed by atoms with Crippen LogP contribution in [0.1, 0.15) is 19.3 Å². The lowest BCUT2D eigenvalue weighted by molar-refractivity contribution is -0.127. The molecule has 0 heterocycles. The van der Waals surface area contributed by atoms with Gasteiger partial charge in [0.05, 0.1) is 12.5 Å². The Morgan fingerprint density at radius 3 is 2.64 bits per heavy atom. The Morgan fingerprint density at radius 1 is 1.12 bits per heavy atom. The normalized spacial score (nSPS) is 27.1. The van der Waals surface area contributed by atoms with Gasteiger partial charge in [-0.3, -0.25) is 4.79 Å². The van der Waals surface area contributed by atoms with Crippen LogP contribution in [-0.4, -0.2) is 25.1 Å². The van der Waals surface area contributed by atoms with Crippen molar-refractivity contribution >= 4 is 29.1 Å². The minimum absolute atomic E-state index is 0. The summed E-state index contributed by atoms with van der Waals surface area (Å²) < 4.78 is 5.77. The van der Waals surface area contributed by atoms with E-state index in [4.69, 9.17) is 10.5 Å².